The summed E-state index contributed by atoms with van der Waals surface area (Å²) in [4.78, 5) is 13.3. The Morgan fingerprint density at radius 3 is 2.76 bits per heavy atom. The minimum absolute atomic E-state index is 0.124. The molecule has 1 aliphatic heterocycles. The van der Waals surface area contributed by atoms with Crippen LogP contribution >= 0.6 is 11.8 Å². The van der Waals surface area contributed by atoms with Crippen molar-refractivity contribution in [2.45, 2.75) is 16.6 Å². The monoisotopic (exact) mass is 306 g/mol. The smallest absolute Gasteiger partial charge is 0.238 e. The summed E-state index contributed by atoms with van der Waals surface area (Å²) in [6.45, 7) is 0. The summed E-state index contributed by atoms with van der Waals surface area (Å²) in [6, 6.07) is 9.40. The van der Waals surface area contributed by atoms with Gasteiger partial charge in [0, 0.05) is 11.0 Å². The van der Waals surface area contributed by atoms with Gasteiger partial charge in [0.15, 0.2) is 5.82 Å². The van der Waals surface area contributed by atoms with Gasteiger partial charge in [-0.25, -0.2) is 8.78 Å². The molecule has 3 nitrogen and oxygen atoms in total. The van der Waals surface area contributed by atoms with Gasteiger partial charge >= 0.3 is 0 Å². The van der Waals surface area contributed by atoms with Crippen LogP contribution in [0.1, 0.15) is 5.56 Å². The molecule has 0 aromatic heterocycles. The van der Waals surface area contributed by atoms with Crippen molar-refractivity contribution < 1.29 is 13.6 Å². The van der Waals surface area contributed by atoms with Crippen molar-refractivity contribution in [1.29, 1.82) is 0 Å². The lowest BCUT2D eigenvalue weighted by Gasteiger charge is -2.12. The zero-order chi connectivity index (χ0) is 15.0. The first-order valence-corrected chi connectivity index (χ1v) is 7.22. The molecule has 2 aromatic carbocycles. The van der Waals surface area contributed by atoms with E-state index in [-0.39, 0.29) is 22.5 Å². The predicted molar refractivity (Wildman–Crippen MR) is 79.2 cm³/mol. The maximum atomic E-state index is 13.7. The SMILES string of the molecule is Nc1cc(F)cc(F)c1NC(=O)C1Cc2ccccc2S1. The molecular weight excluding hydrogens is 294 g/mol. The lowest BCUT2D eigenvalue weighted by molar-refractivity contribution is -0.115. The summed E-state index contributed by atoms with van der Waals surface area (Å²) in [6.07, 6.45) is 0.579. The third-order valence-electron chi connectivity index (χ3n) is 3.27. The van der Waals surface area contributed by atoms with Crippen LogP contribution in [0, 0.1) is 11.6 Å². The van der Waals surface area contributed by atoms with Gasteiger partial charge in [-0.3, -0.25) is 4.79 Å². The van der Waals surface area contributed by atoms with E-state index in [0.29, 0.717) is 12.5 Å². The molecule has 1 unspecified atom stereocenters. The molecule has 1 aliphatic rings. The summed E-state index contributed by atoms with van der Waals surface area (Å²) in [5, 5.41) is 2.11. The van der Waals surface area contributed by atoms with Crippen molar-refractivity contribution in [1.82, 2.24) is 0 Å². The van der Waals surface area contributed by atoms with Gasteiger partial charge in [-0.05, 0) is 24.1 Å². The lowest BCUT2D eigenvalue weighted by atomic mass is 10.1. The number of carbonyl (C=O) groups excluding carboxylic acids is 1. The minimum Gasteiger partial charge on any atom is -0.397 e. The number of halogens is 2. The number of benzene rings is 2. The van der Waals surface area contributed by atoms with Crippen LogP contribution in [0.4, 0.5) is 20.2 Å². The van der Waals surface area contributed by atoms with Gasteiger partial charge in [-0.15, -0.1) is 11.8 Å². The van der Waals surface area contributed by atoms with Crippen LogP contribution in [0.5, 0.6) is 0 Å². The van der Waals surface area contributed by atoms with Gasteiger partial charge < -0.3 is 11.1 Å². The van der Waals surface area contributed by atoms with E-state index in [9.17, 15) is 13.6 Å². The largest absolute Gasteiger partial charge is 0.397 e. The Labute approximate surface area is 124 Å². The first-order valence-electron chi connectivity index (χ1n) is 6.34. The molecule has 1 amide bonds. The normalized spacial score (nSPS) is 16.6. The number of nitrogen functional groups attached to an aromatic ring is 1. The van der Waals surface area contributed by atoms with E-state index in [4.69, 9.17) is 5.73 Å². The Bertz CT molecular complexity index is 673. The fourth-order valence-corrected chi connectivity index (χ4v) is 3.45. The molecule has 108 valence electrons. The number of nitrogens with two attached hydrogens (primary N) is 1. The quantitative estimate of drug-likeness (QED) is 0.838. The van der Waals surface area contributed by atoms with Crippen LogP contribution in [0.25, 0.3) is 0 Å². The van der Waals surface area contributed by atoms with Gasteiger partial charge in [0.1, 0.15) is 11.5 Å². The van der Waals surface area contributed by atoms with Crippen molar-refractivity contribution in [3.05, 3.63) is 53.6 Å². The van der Waals surface area contributed by atoms with Crippen molar-refractivity contribution in [2.24, 2.45) is 0 Å². The molecule has 21 heavy (non-hydrogen) atoms. The highest BCUT2D eigenvalue weighted by Crippen LogP contribution is 2.37. The predicted octanol–water partition coefficient (Wildman–Crippen LogP) is 3.20. The minimum atomic E-state index is -0.874. The Kier molecular flexibility index (Phi) is 3.55. The van der Waals surface area contributed by atoms with Crippen LogP contribution in [0.3, 0.4) is 0 Å². The number of amides is 1. The van der Waals surface area contributed by atoms with E-state index in [1.165, 1.54) is 11.8 Å². The molecule has 3 rings (SSSR count). The van der Waals surface area contributed by atoms with E-state index in [2.05, 4.69) is 5.32 Å². The molecule has 0 aliphatic carbocycles. The molecule has 3 N–H and O–H groups in total. The highest BCUT2D eigenvalue weighted by atomic mass is 32.2. The standard InChI is InChI=1S/C15H12F2N2OS/c16-9-6-10(17)14(11(18)7-9)19-15(20)13-5-8-3-1-2-4-12(8)21-13/h1-4,6-7,13H,5,18H2,(H,19,20). The zero-order valence-corrected chi connectivity index (χ0v) is 11.7. The average Bonchev–Trinajstić information content (AvgIpc) is 2.86. The van der Waals surface area contributed by atoms with Crippen molar-refractivity contribution in [2.75, 3.05) is 11.1 Å². The Hall–Kier alpha value is -2.08. The highest BCUT2D eigenvalue weighted by molar-refractivity contribution is 8.01. The number of hydrogen-bond donors (Lipinski definition) is 2. The number of rotatable bonds is 2. The van der Waals surface area contributed by atoms with Crippen LogP contribution < -0.4 is 11.1 Å². The Balaban J connectivity index is 1.77. The summed E-state index contributed by atoms with van der Waals surface area (Å²) >= 11 is 1.43. The number of anilines is 2. The van der Waals surface area contributed by atoms with E-state index in [1.54, 1.807) is 0 Å². The number of carbonyl (C=O) groups is 1. The first kappa shape index (κ1) is 13.9. The summed E-state index contributed by atoms with van der Waals surface area (Å²) in [5.74, 6) is -1.99. The molecule has 6 heteroatoms. The van der Waals surface area contributed by atoms with E-state index < -0.39 is 11.6 Å². The van der Waals surface area contributed by atoms with Crippen LogP contribution in [0.15, 0.2) is 41.3 Å². The van der Waals surface area contributed by atoms with Gasteiger partial charge in [0.05, 0.1) is 10.9 Å². The molecule has 0 spiro atoms. The summed E-state index contributed by atoms with van der Waals surface area (Å²) in [5.41, 5.74) is 6.35. The Morgan fingerprint density at radius 2 is 2.05 bits per heavy atom. The van der Waals surface area contributed by atoms with E-state index in [0.717, 1.165) is 16.5 Å². The highest BCUT2D eigenvalue weighted by Gasteiger charge is 2.28. The number of nitrogens with one attached hydrogen (secondary N) is 1. The third-order valence-corrected chi connectivity index (χ3v) is 4.59. The van der Waals surface area contributed by atoms with Crippen molar-refractivity contribution >= 4 is 29.0 Å². The van der Waals surface area contributed by atoms with Gasteiger partial charge in [-0.2, -0.15) is 0 Å². The molecule has 1 heterocycles. The van der Waals surface area contributed by atoms with Crippen molar-refractivity contribution in [3.63, 3.8) is 0 Å². The fraction of sp³-hybridized carbons (Fsp3) is 0.133. The maximum absolute atomic E-state index is 13.7. The number of fused-ring (bicyclic) bond motifs is 1. The zero-order valence-electron chi connectivity index (χ0n) is 10.9. The molecule has 0 saturated carbocycles. The van der Waals surface area contributed by atoms with Crippen molar-refractivity contribution in [3.8, 4) is 0 Å². The number of hydrogen-bond acceptors (Lipinski definition) is 3. The molecule has 1 atom stereocenters. The second-order valence-corrected chi connectivity index (χ2v) is 6.00. The summed E-state index contributed by atoms with van der Waals surface area (Å²) in [7, 11) is 0. The molecule has 0 saturated heterocycles. The summed E-state index contributed by atoms with van der Waals surface area (Å²) < 4.78 is 26.7. The van der Waals surface area contributed by atoms with Crippen LogP contribution in [0.2, 0.25) is 0 Å². The topological polar surface area (TPSA) is 55.1 Å². The molecular formula is C15H12F2N2OS. The Morgan fingerprint density at radius 1 is 1.29 bits per heavy atom. The molecule has 0 fully saturated rings. The molecule has 0 radical (unpaired) electrons. The molecule has 0 bridgehead atoms. The first-order chi connectivity index (χ1) is 10.0. The van der Waals surface area contributed by atoms with Crippen LogP contribution in [-0.2, 0) is 11.2 Å². The molecule has 2 aromatic rings. The third kappa shape index (κ3) is 2.71. The van der Waals surface area contributed by atoms with E-state index in [1.807, 2.05) is 24.3 Å². The number of thioether (sulfide) groups is 1. The second-order valence-electron chi connectivity index (χ2n) is 4.76. The maximum Gasteiger partial charge on any atom is 0.238 e. The fourth-order valence-electron chi connectivity index (χ4n) is 2.26. The van der Waals surface area contributed by atoms with Gasteiger partial charge in [0.2, 0.25) is 5.91 Å². The van der Waals surface area contributed by atoms with Gasteiger partial charge in [0.25, 0.3) is 0 Å². The second kappa shape index (κ2) is 5.37. The lowest BCUT2D eigenvalue weighted by Crippen LogP contribution is -2.25. The van der Waals surface area contributed by atoms with Gasteiger partial charge in [-0.1, -0.05) is 18.2 Å². The average molecular weight is 306 g/mol. The van der Waals surface area contributed by atoms with E-state index >= 15 is 0 Å². The van der Waals surface area contributed by atoms with Crippen LogP contribution in [-0.4, -0.2) is 11.2 Å².